The van der Waals surface area contributed by atoms with Gasteiger partial charge in [0.2, 0.25) is 0 Å². The Hall–Kier alpha value is -1.00. The summed E-state index contributed by atoms with van der Waals surface area (Å²) in [7, 11) is 0. The van der Waals surface area contributed by atoms with Crippen LogP contribution in [0.5, 0.6) is 0 Å². The first-order chi connectivity index (χ1) is 9.26. The lowest BCUT2D eigenvalue weighted by Crippen LogP contribution is -2.33. The maximum absolute atomic E-state index is 11.5. The summed E-state index contributed by atoms with van der Waals surface area (Å²) in [6, 6.07) is 10.3. The maximum Gasteiger partial charge on any atom is 0.320 e. The average molecular weight is 281 g/mol. The molecular formula is C15H23NO2S. The Morgan fingerprint density at radius 1 is 1.21 bits per heavy atom. The highest BCUT2D eigenvalue weighted by molar-refractivity contribution is 7.99. The van der Waals surface area contributed by atoms with Crippen molar-refractivity contribution in [2.45, 2.75) is 25.2 Å². The zero-order valence-corrected chi connectivity index (χ0v) is 12.6. The standard InChI is InChI=1S/C15H23NO2S/c1-3-10-16(13-15(17)18-4-2)11-12-19-14-8-6-5-7-9-14/h5-9H,3-4,10-13H2,1-2H3. The fourth-order valence-electron chi connectivity index (χ4n) is 1.78. The highest BCUT2D eigenvalue weighted by Crippen LogP contribution is 2.16. The second-order valence-corrected chi connectivity index (χ2v) is 5.41. The zero-order valence-electron chi connectivity index (χ0n) is 11.8. The molecule has 0 aliphatic heterocycles. The van der Waals surface area contributed by atoms with Crippen molar-refractivity contribution in [1.82, 2.24) is 4.90 Å². The molecule has 0 heterocycles. The van der Waals surface area contributed by atoms with Crippen molar-refractivity contribution >= 4 is 17.7 Å². The number of esters is 1. The number of hydrogen-bond acceptors (Lipinski definition) is 4. The number of thioether (sulfide) groups is 1. The Labute approximate surface area is 120 Å². The molecule has 0 radical (unpaired) electrons. The van der Waals surface area contributed by atoms with Crippen molar-refractivity contribution in [1.29, 1.82) is 0 Å². The number of rotatable bonds is 9. The Balaban J connectivity index is 2.30. The molecule has 19 heavy (non-hydrogen) atoms. The summed E-state index contributed by atoms with van der Waals surface area (Å²) in [6.45, 7) is 6.67. The van der Waals surface area contributed by atoms with Crippen molar-refractivity contribution in [2.75, 3.05) is 32.0 Å². The van der Waals surface area contributed by atoms with Gasteiger partial charge in [-0.1, -0.05) is 25.1 Å². The van der Waals surface area contributed by atoms with Gasteiger partial charge in [0, 0.05) is 17.2 Å². The van der Waals surface area contributed by atoms with E-state index in [2.05, 4.69) is 24.0 Å². The fraction of sp³-hybridized carbons (Fsp3) is 0.533. The predicted molar refractivity (Wildman–Crippen MR) is 80.5 cm³/mol. The van der Waals surface area contributed by atoms with Crippen molar-refractivity contribution in [3.05, 3.63) is 30.3 Å². The third kappa shape index (κ3) is 7.23. The lowest BCUT2D eigenvalue weighted by molar-refractivity contribution is -0.144. The lowest BCUT2D eigenvalue weighted by atomic mass is 10.4. The molecule has 4 heteroatoms. The molecule has 0 saturated carbocycles. The molecule has 0 bridgehead atoms. The van der Waals surface area contributed by atoms with Gasteiger partial charge < -0.3 is 4.74 Å². The van der Waals surface area contributed by atoms with E-state index in [0.717, 1.165) is 25.3 Å². The van der Waals surface area contributed by atoms with Crippen LogP contribution in [0.3, 0.4) is 0 Å². The summed E-state index contributed by atoms with van der Waals surface area (Å²) in [5.41, 5.74) is 0. The number of ether oxygens (including phenoxy) is 1. The predicted octanol–water partition coefficient (Wildman–Crippen LogP) is 3.05. The Bertz CT molecular complexity index is 356. The van der Waals surface area contributed by atoms with Gasteiger partial charge in [0.05, 0.1) is 13.2 Å². The van der Waals surface area contributed by atoms with Crippen LogP contribution >= 0.6 is 11.8 Å². The molecule has 1 aromatic carbocycles. The second-order valence-electron chi connectivity index (χ2n) is 4.24. The normalized spacial score (nSPS) is 10.7. The van der Waals surface area contributed by atoms with Gasteiger partial charge in [-0.2, -0.15) is 0 Å². The molecule has 1 aromatic rings. The molecule has 1 rings (SSSR count). The van der Waals surface area contributed by atoms with Gasteiger partial charge in [0.25, 0.3) is 0 Å². The van der Waals surface area contributed by atoms with Gasteiger partial charge in [-0.05, 0) is 32.0 Å². The van der Waals surface area contributed by atoms with E-state index in [4.69, 9.17) is 4.74 Å². The number of hydrogen-bond donors (Lipinski definition) is 0. The summed E-state index contributed by atoms with van der Waals surface area (Å²) < 4.78 is 5.00. The van der Waals surface area contributed by atoms with Crippen molar-refractivity contribution < 1.29 is 9.53 Å². The van der Waals surface area contributed by atoms with Crippen LogP contribution in [-0.2, 0) is 9.53 Å². The van der Waals surface area contributed by atoms with E-state index < -0.39 is 0 Å². The maximum atomic E-state index is 11.5. The van der Waals surface area contributed by atoms with Gasteiger partial charge >= 0.3 is 5.97 Å². The van der Waals surface area contributed by atoms with E-state index >= 15 is 0 Å². The molecule has 0 aliphatic rings. The number of carbonyl (C=O) groups excluding carboxylic acids is 1. The quantitative estimate of drug-likeness (QED) is 0.514. The van der Waals surface area contributed by atoms with Crippen LogP contribution in [0.25, 0.3) is 0 Å². The van der Waals surface area contributed by atoms with E-state index in [1.54, 1.807) is 0 Å². The molecule has 106 valence electrons. The third-order valence-corrected chi connectivity index (χ3v) is 3.61. The molecule has 0 amide bonds. The highest BCUT2D eigenvalue weighted by atomic mass is 32.2. The van der Waals surface area contributed by atoms with Gasteiger partial charge in [-0.15, -0.1) is 11.8 Å². The first-order valence-corrected chi connectivity index (χ1v) is 7.80. The van der Waals surface area contributed by atoms with Gasteiger partial charge in [-0.25, -0.2) is 0 Å². The van der Waals surface area contributed by atoms with E-state index in [1.807, 2.05) is 36.9 Å². The van der Waals surface area contributed by atoms with Crippen LogP contribution in [0, 0.1) is 0 Å². The number of carbonyl (C=O) groups is 1. The molecule has 0 atom stereocenters. The lowest BCUT2D eigenvalue weighted by Gasteiger charge is -2.20. The van der Waals surface area contributed by atoms with Gasteiger partial charge in [0.15, 0.2) is 0 Å². The fourth-order valence-corrected chi connectivity index (χ4v) is 2.72. The van der Waals surface area contributed by atoms with Crippen LogP contribution < -0.4 is 0 Å². The summed E-state index contributed by atoms with van der Waals surface area (Å²) in [5.74, 6) is 0.865. The molecule has 0 saturated heterocycles. The topological polar surface area (TPSA) is 29.5 Å². The molecule has 0 spiro atoms. The van der Waals surface area contributed by atoms with Gasteiger partial charge in [-0.3, -0.25) is 9.69 Å². The molecule has 0 unspecified atom stereocenters. The SMILES string of the molecule is CCCN(CCSc1ccccc1)CC(=O)OCC. The Morgan fingerprint density at radius 3 is 2.58 bits per heavy atom. The van der Waals surface area contributed by atoms with Crippen LogP contribution in [0.1, 0.15) is 20.3 Å². The van der Waals surface area contributed by atoms with E-state index in [-0.39, 0.29) is 5.97 Å². The van der Waals surface area contributed by atoms with Crippen molar-refractivity contribution in [2.24, 2.45) is 0 Å². The molecule has 3 nitrogen and oxygen atoms in total. The highest BCUT2D eigenvalue weighted by Gasteiger charge is 2.10. The van der Waals surface area contributed by atoms with Crippen LogP contribution in [-0.4, -0.2) is 42.9 Å². The van der Waals surface area contributed by atoms with Gasteiger partial charge in [0.1, 0.15) is 0 Å². The minimum absolute atomic E-state index is 0.124. The Kier molecular flexibility index (Phi) is 8.34. The number of nitrogens with zero attached hydrogens (tertiary/aromatic N) is 1. The number of benzene rings is 1. The second kappa shape index (κ2) is 9.87. The summed E-state index contributed by atoms with van der Waals surface area (Å²) in [6.07, 6.45) is 1.05. The van der Waals surface area contributed by atoms with Crippen LogP contribution in [0.2, 0.25) is 0 Å². The summed E-state index contributed by atoms with van der Waals surface area (Å²) in [5, 5.41) is 0. The zero-order chi connectivity index (χ0) is 13.9. The van der Waals surface area contributed by atoms with E-state index in [0.29, 0.717) is 13.2 Å². The van der Waals surface area contributed by atoms with Crippen molar-refractivity contribution in [3.63, 3.8) is 0 Å². The van der Waals surface area contributed by atoms with E-state index in [9.17, 15) is 4.79 Å². The smallest absolute Gasteiger partial charge is 0.320 e. The van der Waals surface area contributed by atoms with Crippen LogP contribution in [0.15, 0.2) is 35.2 Å². The molecule has 0 N–H and O–H groups in total. The molecule has 0 aromatic heterocycles. The monoisotopic (exact) mass is 281 g/mol. The minimum atomic E-state index is -0.124. The molecule has 0 fully saturated rings. The minimum Gasteiger partial charge on any atom is -0.465 e. The molecule has 0 aliphatic carbocycles. The average Bonchev–Trinajstić information content (AvgIpc) is 2.40. The molecular weight excluding hydrogens is 258 g/mol. The largest absolute Gasteiger partial charge is 0.465 e. The van der Waals surface area contributed by atoms with E-state index in [1.165, 1.54) is 4.90 Å². The summed E-state index contributed by atoms with van der Waals surface area (Å²) >= 11 is 1.82. The summed E-state index contributed by atoms with van der Waals surface area (Å²) in [4.78, 5) is 14.9. The first kappa shape index (κ1) is 16.1. The van der Waals surface area contributed by atoms with Crippen molar-refractivity contribution in [3.8, 4) is 0 Å². The van der Waals surface area contributed by atoms with Crippen LogP contribution in [0.4, 0.5) is 0 Å². The first-order valence-electron chi connectivity index (χ1n) is 6.82. The third-order valence-electron chi connectivity index (χ3n) is 2.62. The Morgan fingerprint density at radius 2 is 1.95 bits per heavy atom.